The molecule has 0 saturated carbocycles. The monoisotopic (exact) mass is 266 g/mol. The Bertz CT molecular complexity index is 455. The molecule has 1 aromatic rings. The van der Waals surface area contributed by atoms with Gasteiger partial charge in [0.2, 0.25) is 0 Å². The van der Waals surface area contributed by atoms with Gasteiger partial charge >= 0.3 is 0 Å². The number of benzene rings is 1. The molecule has 2 aliphatic heterocycles. The Hall–Kier alpha value is -1.13. The first-order valence-corrected chi connectivity index (χ1v) is 6.81. The van der Waals surface area contributed by atoms with E-state index >= 15 is 0 Å². The van der Waals surface area contributed by atoms with Crippen molar-refractivity contribution in [3.63, 3.8) is 0 Å². The van der Waals surface area contributed by atoms with E-state index in [-0.39, 0.29) is 17.5 Å². The second kappa shape index (κ2) is 5.10. The van der Waals surface area contributed by atoms with Gasteiger partial charge in [-0.3, -0.25) is 0 Å². The van der Waals surface area contributed by atoms with Gasteiger partial charge < -0.3 is 14.2 Å². The first-order valence-electron chi connectivity index (χ1n) is 6.81. The highest BCUT2D eigenvalue weighted by Crippen LogP contribution is 2.34. The number of ether oxygens (including phenoxy) is 3. The summed E-state index contributed by atoms with van der Waals surface area (Å²) in [5, 5.41) is 0. The van der Waals surface area contributed by atoms with E-state index in [9.17, 15) is 4.39 Å². The van der Waals surface area contributed by atoms with Crippen LogP contribution in [0.3, 0.4) is 0 Å². The standard InChI is InChI=1S/C15H19FO3/c1-11-2-3-12(8-14(11)16)19-13-4-6-18-15(9-13)5-7-17-10-15/h2-3,8,13H,4-7,9-10H2,1H3. The minimum absolute atomic E-state index is 0.0811. The van der Waals surface area contributed by atoms with Gasteiger partial charge in [0.1, 0.15) is 17.7 Å². The largest absolute Gasteiger partial charge is 0.490 e. The molecule has 1 aromatic carbocycles. The number of aryl methyl sites for hydroxylation is 1. The van der Waals surface area contributed by atoms with Crippen molar-refractivity contribution in [3.05, 3.63) is 29.6 Å². The number of hydrogen-bond donors (Lipinski definition) is 0. The van der Waals surface area contributed by atoms with Crippen molar-refractivity contribution in [2.75, 3.05) is 19.8 Å². The summed E-state index contributed by atoms with van der Waals surface area (Å²) in [6, 6.07) is 5.03. The predicted molar refractivity (Wildman–Crippen MR) is 68.9 cm³/mol. The second-order valence-electron chi connectivity index (χ2n) is 5.48. The minimum atomic E-state index is -0.219. The van der Waals surface area contributed by atoms with E-state index < -0.39 is 0 Å². The van der Waals surface area contributed by atoms with Gasteiger partial charge in [0.25, 0.3) is 0 Å². The summed E-state index contributed by atoms with van der Waals surface area (Å²) >= 11 is 0. The van der Waals surface area contributed by atoms with Crippen molar-refractivity contribution in [2.24, 2.45) is 0 Å². The smallest absolute Gasteiger partial charge is 0.129 e. The van der Waals surface area contributed by atoms with E-state index in [0.29, 0.717) is 24.5 Å². The Morgan fingerprint density at radius 2 is 2.26 bits per heavy atom. The fourth-order valence-corrected chi connectivity index (χ4v) is 2.79. The molecule has 3 nitrogen and oxygen atoms in total. The van der Waals surface area contributed by atoms with Crippen LogP contribution in [0.2, 0.25) is 0 Å². The van der Waals surface area contributed by atoms with Crippen molar-refractivity contribution >= 4 is 0 Å². The molecule has 0 amide bonds. The molecule has 0 aliphatic carbocycles. The molecule has 2 heterocycles. The lowest BCUT2D eigenvalue weighted by Gasteiger charge is -2.37. The van der Waals surface area contributed by atoms with Gasteiger partial charge in [-0.2, -0.15) is 0 Å². The molecule has 19 heavy (non-hydrogen) atoms. The molecule has 2 fully saturated rings. The van der Waals surface area contributed by atoms with Crippen LogP contribution in [0.1, 0.15) is 24.8 Å². The lowest BCUT2D eigenvalue weighted by molar-refractivity contribution is -0.112. The molecule has 4 heteroatoms. The highest BCUT2D eigenvalue weighted by molar-refractivity contribution is 5.28. The van der Waals surface area contributed by atoms with Gasteiger partial charge in [0, 0.05) is 31.9 Å². The first-order chi connectivity index (χ1) is 9.17. The summed E-state index contributed by atoms with van der Waals surface area (Å²) in [6.45, 7) is 3.84. The molecule has 3 rings (SSSR count). The van der Waals surface area contributed by atoms with Crippen LogP contribution >= 0.6 is 0 Å². The van der Waals surface area contributed by atoms with Gasteiger partial charge in [0.05, 0.1) is 18.8 Å². The van der Waals surface area contributed by atoms with E-state index in [0.717, 1.165) is 25.9 Å². The number of halogens is 1. The SMILES string of the molecule is Cc1ccc(OC2CCOC3(CCOC3)C2)cc1F. The van der Waals surface area contributed by atoms with Crippen LogP contribution in [0.4, 0.5) is 4.39 Å². The predicted octanol–water partition coefficient (Wildman–Crippen LogP) is 2.85. The zero-order valence-electron chi connectivity index (χ0n) is 11.2. The zero-order valence-corrected chi connectivity index (χ0v) is 11.2. The Kier molecular flexibility index (Phi) is 3.46. The average molecular weight is 266 g/mol. The van der Waals surface area contributed by atoms with Crippen LogP contribution in [0.15, 0.2) is 18.2 Å². The maximum Gasteiger partial charge on any atom is 0.129 e. The summed E-state index contributed by atoms with van der Waals surface area (Å²) in [5.41, 5.74) is 0.464. The molecule has 2 saturated heterocycles. The van der Waals surface area contributed by atoms with Crippen molar-refractivity contribution < 1.29 is 18.6 Å². The molecular formula is C15H19FO3. The zero-order chi connectivity index (χ0) is 13.3. The number of hydrogen-bond acceptors (Lipinski definition) is 3. The van der Waals surface area contributed by atoms with Gasteiger partial charge in [0.15, 0.2) is 0 Å². The summed E-state index contributed by atoms with van der Waals surface area (Å²) in [4.78, 5) is 0. The van der Waals surface area contributed by atoms with Gasteiger partial charge in [-0.15, -0.1) is 0 Å². The van der Waals surface area contributed by atoms with Crippen molar-refractivity contribution in [3.8, 4) is 5.75 Å². The molecule has 0 radical (unpaired) electrons. The van der Waals surface area contributed by atoms with Gasteiger partial charge in [-0.1, -0.05) is 6.07 Å². The quantitative estimate of drug-likeness (QED) is 0.824. The Balaban J connectivity index is 1.67. The Morgan fingerprint density at radius 3 is 3.00 bits per heavy atom. The average Bonchev–Trinajstić information content (AvgIpc) is 2.82. The molecule has 104 valence electrons. The van der Waals surface area contributed by atoms with E-state index in [2.05, 4.69) is 0 Å². The van der Waals surface area contributed by atoms with Crippen LogP contribution in [0, 0.1) is 12.7 Å². The van der Waals surface area contributed by atoms with Crippen LogP contribution in [-0.2, 0) is 9.47 Å². The molecule has 2 unspecified atom stereocenters. The first kappa shape index (κ1) is 12.9. The molecule has 2 atom stereocenters. The van der Waals surface area contributed by atoms with E-state index in [1.165, 1.54) is 6.07 Å². The third kappa shape index (κ3) is 2.74. The fraction of sp³-hybridized carbons (Fsp3) is 0.600. The second-order valence-corrected chi connectivity index (χ2v) is 5.48. The molecule has 1 spiro atoms. The van der Waals surface area contributed by atoms with Gasteiger partial charge in [-0.25, -0.2) is 4.39 Å². The summed E-state index contributed by atoms with van der Waals surface area (Å²) in [5.74, 6) is 0.382. The lowest BCUT2D eigenvalue weighted by atomic mass is 9.91. The Morgan fingerprint density at radius 1 is 1.37 bits per heavy atom. The van der Waals surface area contributed by atoms with E-state index in [4.69, 9.17) is 14.2 Å². The molecule has 2 aliphatic rings. The number of rotatable bonds is 2. The Labute approximate surface area is 112 Å². The van der Waals surface area contributed by atoms with Crippen LogP contribution in [0.25, 0.3) is 0 Å². The fourth-order valence-electron chi connectivity index (χ4n) is 2.79. The molecule has 0 aromatic heterocycles. The van der Waals surface area contributed by atoms with E-state index in [1.54, 1.807) is 13.0 Å². The molecule has 0 bridgehead atoms. The van der Waals surface area contributed by atoms with Crippen LogP contribution < -0.4 is 4.74 Å². The summed E-state index contributed by atoms with van der Waals surface area (Å²) < 4.78 is 30.7. The van der Waals surface area contributed by atoms with E-state index in [1.807, 2.05) is 6.07 Å². The normalized spacial score (nSPS) is 30.7. The topological polar surface area (TPSA) is 27.7 Å². The minimum Gasteiger partial charge on any atom is -0.490 e. The van der Waals surface area contributed by atoms with Crippen molar-refractivity contribution in [2.45, 2.75) is 37.9 Å². The maximum atomic E-state index is 13.5. The third-order valence-electron chi connectivity index (χ3n) is 3.96. The highest BCUT2D eigenvalue weighted by atomic mass is 19.1. The lowest BCUT2D eigenvalue weighted by Crippen LogP contribution is -2.44. The van der Waals surface area contributed by atoms with Crippen molar-refractivity contribution in [1.82, 2.24) is 0 Å². The highest BCUT2D eigenvalue weighted by Gasteiger charge is 2.41. The van der Waals surface area contributed by atoms with Crippen LogP contribution in [0.5, 0.6) is 5.75 Å². The molecular weight excluding hydrogens is 247 g/mol. The van der Waals surface area contributed by atoms with Crippen LogP contribution in [-0.4, -0.2) is 31.5 Å². The third-order valence-corrected chi connectivity index (χ3v) is 3.96. The van der Waals surface area contributed by atoms with Crippen molar-refractivity contribution in [1.29, 1.82) is 0 Å². The summed E-state index contributed by atoms with van der Waals surface area (Å²) in [6.07, 6.45) is 2.67. The molecule has 0 N–H and O–H groups in total. The van der Waals surface area contributed by atoms with Gasteiger partial charge in [-0.05, 0) is 18.6 Å². The maximum absolute atomic E-state index is 13.5. The summed E-state index contributed by atoms with van der Waals surface area (Å²) in [7, 11) is 0.